The van der Waals surface area contributed by atoms with Crippen molar-refractivity contribution in [3.8, 4) is 5.75 Å². The van der Waals surface area contributed by atoms with Crippen molar-refractivity contribution in [2.45, 2.75) is 39.5 Å². The van der Waals surface area contributed by atoms with Gasteiger partial charge in [0.25, 0.3) is 0 Å². The van der Waals surface area contributed by atoms with Crippen LogP contribution in [0.3, 0.4) is 0 Å². The molecule has 1 aromatic carbocycles. The molecule has 0 saturated carbocycles. The lowest BCUT2D eigenvalue weighted by Gasteiger charge is -2.15. The molecule has 0 bridgehead atoms. The van der Waals surface area contributed by atoms with Crippen molar-refractivity contribution in [3.63, 3.8) is 0 Å². The number of aromatic nitrogens is 2. The Kier molecular flexibility index (Phi) is 4.22. The van der Waals surface area contributed by atoms with Gasteiger partial charge >= 0.3 is 0 Å². The van der Waals surface area contributed by atoms with E-state index in [0.29, 0.717) is 18.4 Å². The lowest BCUT2D eigenvalue weighted by molar-refractivity contribution is 0.189. The molecule has 0 radical (unpaired) electrons. The Hall–Kier alpha value is -1.81. The summed E-state index contributed by atoms with van der Waals surface area (Å²) in [5.41, 5.74) is 1.83. The molecule has 102 valence electrons. The van der Waals surface area contributed by atoms with Gasteiger partial charge in [-0.05, 0) is 26.8 Å². The van der Waals surface area contributed by atoms with E-state index >= 15 is 0 Å². The third kappa shape index (κ3) is 3.15. The molecule has 1 unspecified atom stereocenters. The average Bonchev–Trinajstić information content (AvgIpc) is 2.85. The van der Waals surface area contributed by atoms with Crippen molar-refractivity contribution in [2.24, 2.45) is 0 Å². The Morgan fingerprint density at radius 3 is 2.68 bits per heavy atom. The van der Waals surface area contributed by atoms with Gasteiger partial charge in [-0.1, -0.05) is 18.2 Å². The molecule has 4 heteroatoms. The van der Waals surface area contributed by atoms with E-state index in [4.69, 9.17) is 4.74 Å². The fourth-order valence-electron chi connectivity index (χ4n) is 2.02. The maximum Gasteiger partial charge on any atom is 0.130 e. The molecule has 1 heterocycles. The van der Waals surface area contributed by atoms with Crippen LogP contribution < -0.4 is 4.74 Å². The molecule has 1 aromatic heterocycles. The van der Waals surface area contributed by atoms with Gasteiger partial charge in [0.05, 0.1) is 24.3 Å². The molecule has 0 spiro atoms. The first-order valence-corrected chi connectivity index (χ1v) is 6.50. The van der Waals surface area contributed by atoms with Crippen LogP contribution in [0, 0.1) is 0 Å². The second-order valence-corrected chi connectivity index (χ2v) is 4.89. The molecule has 0 aliphatic rings. The van der Waals surface area contributed by atoms with Gasteiger partial charge in [0.2, 0.25) is 0 Å². The van der Waals surface area contributed by atoms with Crippen molar-refractivity contribution in [1.29, 1.82) is 0 Å². The van der Waals surface area contributed by atoms with E-state index in [0.717, 1.165) is 11.3 Å². The minimum Gasteiger partial charge on any atom is -0.487 e. The molecule has 0 saturated heterocycles. The van der Waals surface area contributed by atoms with Crippen molar-refractivity contribution < 1.29 is 9.84 Å². The monoisotopic (exact) mass is 260 g/mol. The normalized spacial score (nSPS) is 12.7. The maximum absolute atomic E-state index is 9.71. The Balaban J connectivity index is 2.13. The van der Waals surface area contributed by atoms with E-state index in [-0.39, 0.29) is 0 Å². The first-order valence-electron chi connectivity index (χ1n) is 6.50. The first kappa shape index (κ1) is 13.6. The molecule has 1 atom stereocenters. The van der Waals surface area contributed by atoms with Crippen LogP contribution in [0.2, 0.25) is 0 Å². The van der Waals surface area contributed by atoms with Crippen LogP contribution in [0.5, 0.6) is 5.75 Å². The number of benzene rings is 1. The average molecular weight is 260 g/mol. The highest BCUT2D eigenvalue weighted by Gasteiger charge is 2.10. The zero-order chi connectivity index (χ0) is 13.8. The number of rotatable bonds is 5. The van der Waals surface area contributed by atoms with E-state index < -0.39 is 6.10 Å². The number of aliphatic hydroxyl groups is 1. The number of imidazole rings is 1. The first-order chi connectivity index (χ1) is 9.09. The van der Waals surface area contributed by atoms with Crippen molar-refractivity contribution in [2.75, 3.05) is 0 Å². The van der Waals surface area contributed by atoms with Crippen LogP contribution in [-0.4, -0.2) is 14.7 Å². The highest BCUT2D eigenvalue weighted by Crippen LogP contribution is 2.25. The molecule has 0 aliphatic heterocycles. The van der Waals surface area contributed by atoms with Crippen LogP contribution in [0.1, 0.15) is 44.2 Å². The third-order valence-corrected chi connectivity index (χ3v) is 3.05. The zero-order valence-corrected chi connectivity index (χ0v) is 11.6. The minimum absolute atomic E-state index is 0.355. The van der Waals surface area contributed by atoms with E-state index in [1.54, 1.807) is 6.92 Å². The van der Waals surface area contributed by atoms with Crippen LogP contribution in [0.25, 0.3) is 0 Å². The van der Waals surface area contributed by atoms with Gasteiger partial charge < -0.3 is 14.4 Å². The molecule has 2 aromatic rings. The number of hydrogen-bond acceptors (Lipinski definition) is 3. The predicted molar refractivity (Wildman–Crippen MR) is 74.0 cm³/mol. The van der Waals surface area contributed by atoms with E-state index in [1.807, 2.05) is 36.8 Å². The van der Waals surface area contributed by atoms with Crippen molar-refractivity contribution in [3.05, 3.63) is 48.0 Å². The van der Waals surface area contributed by atoms with Crippen molar-refractivity contribution in [1.82, 2.24) is 9.55 Å². The molecule has 0 aliphatic carbocycles. The summed E-state index contributed by atoms with van der Waals surface area (Å²) in [5.74, 6) is 0.717. The third-order valence-electron chi connectivity index (χ3n) is 3.05. The molecule has 4 nitrogen and oxygen atoms in total. The van der Waals surface area contributed by atoms with Crippen LogP contribution in [0.15, 0.2) is 36.8 Å². The lowest BCUT2D eigenvalue weighted by atomic mass is 10.1. The summed E-state index contributed by atoms with van der Waals surface area (Å²) in [6.07, 6.45) is 3.08. The van der Waals surface area contributed by atoms with Gasteiger partial charge in [-0.25, -0.2) is 4.98 Å². The summed E-state index contributed by atoms with van der Waals surface area (Å²) < 4.78 is 7.89. The van der Waals surface area contributed by atoms with Gasteiger partial charge in [-0.3, -0.25) is 0 Å². The number of hydrogen-bond donors (Lipinski definition) is 1. The fraction of sp³-hybridized carbons (Fsp3) is 0.400. The number of ether oxygens (including phenoxy) is 1. The van der Waals surface area contributed by atoms with Gasteiger partial charge in [0.1, 0.15) is 12.4 Å². The van der Waals surface area contributed by atoms with Crippen LogP contribution in [-0.2, 0) is 6.61 Å². The molecule has 0 fully saturated rings. The van der Waals surface area contributed by atoms with Gasteiger partial charge in [-0.15, -0.1) is 0 Å². The highest BCUT2D eigenvalue weighted by molar-refractivity contribution is 5.34. The number of nitrogens with zero attached hydrogens (tertiary/aromatic N) is 2. The van der Waals surface area contributed by atoms with E-state index in [1.165, 1.54) is 0 Å². The topological polar surface area (TPSA) is 47.3 Å². The standard InChI is InChI=1S/C15H20N2O2/c1-11(2)17-10-16-8-13(17)9-19-15-7-5-4-6-14(15)12(3)18/h4-8,10-12,18H,9H2,1-3H3. The Bertz CT molecular complexity index is 532. The van der Waals surface area contributed by atoms with Gasteiger partial charge in [0.15, 0.2) is 0 Å². The molecular weight excluding hydrogens is 240 g/mol. The number of aliphatic hydroxyl groups excluding tert-OH is 1. The summed E-state index contributed by atoms with van der Waals surface area (Å²) in [4.78, 5) is 4.15. The molecule has 2 rings (SSSR count). The molecule has 0 amide bonds. The predicted octanol–water partition coefficient (Wildman–Crippen LogP) is 3.10. The summed E-state index contributed by atoms with van der Waals surface area (Å²) in [6.45, 7) is 6.40. The summed E-state index contributed by atoms with van der Waals surface area (Å²) in [7, 11) is 0. The molecule has 19 heavy (non-hydrogen) atoms. The van der Waals surface area contributed by atoms with E-state index in [2.05, 4.69) is 23.4 Å². The van der Waals surface area contributed by atoms with E-state index in [9.17, 15) is 5.11 Å². The second kappa shape index (κ2) is 5.89. The summed E-state index contributed by atoms with van der Waals surface area (Å²) in [6, 6.07) is 7.90. The lowest BCUT2D eigenvalue weighted by Crippen LogP contribution is -2.08. The number of para-hydroxylation sites is 1. The van der Waals surface area contributed by atoms with Crippen molar-refractivity contribution >= 4 is 0 Å². The quantitative estimate of drug-likeness (QED) is 0.898. The Morgan fingerprint density at radius 1 is 1.26 bits per heavy atom. The summed E-state index contributed by atoms with van der Waals surface area (Å²) in [5, 5.41) is 9.71. The zero-order valence-electron chi connectivity index (χ0n) is 11.6. The largest absolute Gasteiger partial charge is 0.487 e. The minimum atomic E-state index is -0.536. The SMILES string of the molecule is CC(O)c1ccccc1OCc1cncn1C(C)C. The Labute approximate surface area is 113 Å². The van der Waals surface area contributed by atoms with Crippen LogP contribution in [0.4, 0.5) is 0 Å². The second-order valence-electron chi connectivity index (χ2n) is 4.89. The summed E-state index contributed by atoms with van der Waals surface area (Å²) >= 11 is 0. The van der Waals surface area contributed by atoms with Gasteiger partial charge in [-0.2, -0.15) is 0 Å². The smallest absolute Gasteiger partial charge is 0.130 e. The molecular formula is C15H20N2O2. The maximum atomic E-state index is 9.71. The molecule has 1 N–H and O–H groups in total. The highest BCUT2D eigenvalue weighted by atomic mass is 16.5. The van der Waals surface area contributed by atoms with Crippen LogP contribution >= 0.6 is 0 Å². The fourth-order valence-corrected chi connectivity index (χ4v) is 2.02. The Morgan fingerprint density at radius 2 is 2.00 bits per heavy atom. The van der Waals surface area contributed by atoms with Gasteiger partial charge in [0, 0.05) is 11.6 Å².